The molecule has 0 amide bonds. The predicted molar refractivity (Wildman–Crippen MR) is 83.5 cm³/mol. The van der Waals surface area contributed by atoms with Crippen LogP contribution in [0.15, 0.2) is 12.1 Å². The summed E-state index contributed by atoms with van der Waals surface area (Å²) in [5.74, 6) is 0. The lowest BCUT2D eigenvalue weighted by atomic mass is 10.1. The Morgan fingerprint density at radius 2 is 2.05 bits per heavy atom. The first kappa shape index (κ1) is 15.4. The van der Waals surface area contributed by atoms with Gasteiger partial charge in [-0.05, 0) is 45.0 Å². The van der Waals surface area contributed by atoms with Crippen molar-refractivity contribution in [3.05, 3.63) is 32.8 Å². The minimum Gasteiger partial charge on any atom is -0.309 e. The van der Waals surface area contributed by atoms with Gasteiger partial charge < -0.3 is 10.2 Å². The Morgan fingerprint density at radius 1 is 1.32 bits per heavy atom. The van der Waals surface area contributed by atoms with Gasteiger partial charge in [-0.2, -0.15) is 0 Å². The lowest BCUT2D eigenvalue weighted by Gasteiger charge is -2.23. The van der Waals surface area contributed by atoms with Crippen LogP contribution in [0.25, 0.3) is 0 Å². The summed E-state index contributed by atoms with van der Waals surface area (Å²) in [6.45, 7) is 4.25. The van der Waals surface area contributed by atoms with Crippen LogP contribution in [0, 0.1) is 0 Å². The number of halogens is 3. The van der Waals surface area contributed by atoms with Gasteiger partial charge in [-0.1, -0.05) is 40.9 Å². The second kappa shape index (κ2) is 6.64. The van der Waals surface area contributed by atoms with Crippen molar-refractivity contribution in [1.82, 2.24) is 10.2 Å². The summed E-state index contributed by atoms with van der Waals surface area (Å²) in [5.41, 5.74) is 0.997. The summed E-state index contributed by atoms with van der Waals surface area (Å²) in [7, 11) is 2.18. The van der Waals surface area contributed by atoms with Gasteiger partial charge in [0.1, 0.15) is 0 Å². The number of benzene rings is 1. The van der Waals surface area contributed by atoms with E-state index in [-0.39, 0.29) is 6.04 Å². The van der Waals surface area contributed by atoms with E-state index in [9.17, 15) is 0 Å². The minimum absolute atomic E-state index is 0.163. The normalized spacial score (nSPS) is 21.8. The van der Waals surface area contributed by atoms with Crippen molar-refractivity contribution < 1.29 is 0 Å². The molecule has 0 aliphatic carbocycles. The van der Waals surface area contributed by atoms with Crippen molar-refractivity contribution in [3.8, 4) is 0 Å². The molecule has 106 valence electrons. The van der Waals surface area contributed by atoms with Gasteiger partial charge in [0, 0.05) is 18.6 Å². The first-order valence-corrected chi connectivity index (χ1v) is 7.71. The molecular weight excluding hydrogens is 303 g/mol. The molecule has 1 aliphatic heterocycles. The van der Waals surface area contributed by atoms with Gasteiger partial charge in [-0.3, -0.25) is 0 Å². The van der Waals surface area contributed by atoms with E-state index in [1.165, 1.54) is 19.4 Å². The smallest absolute Gasteiger partial charge is 0.0781 e. The number of nitrogens with one attached hydrogen (secondary N) is 1. The van der Waals surface area contributed by atoms with Crippen LogP contribution < -0.4 is 5.32 Å². The van der Waals surface area contributed by atoms with Gasteiger partial charge in [-0.25, -0.2) is 0 Å². The number of nitrogens with zero attached hydrogens (tertiary/aromatic N) is 1. The number of rotatable bonds is 4. The van der Waals surface area contributed by atoms with Crippen LogP contribution in [0.3, 0.4) is 0 Å². The van der Waals surface area contributed by atoms with E-state index in [1.807, 2.05) is 6.07 Å². The second-order valence-electron chi connectivity index (χ2n) is 5.17. The van der Waals surface area contributed by atoms with Crippen molar-refractivity contribution in [2.24, 2.45) is 0 Å². The predicted octanol–water partition coefficient (Wildman–Crippen LogP) is 4.39. The Kier molecular flexibility index (Phi) is 5.38. The third-order valence-electron chi connectivity index (χ3n) is 3.86. The zero-order valence-corrected chi connectivity index (χ0v) is 13.5. The van der Waals surface area contributed by atoms with Crippen molar-refractivity contribution in [3.63, 3.8) is 0 Å². The zero-order valence-electron chi connectivity index (χ0n) is 11.2. The van der Waals surface area contributed by atoms with Crippen LogP contribution in [0.4, 0.5) is 0 Å². The zero-order chi connectivity index (χ0) is 14.0. The molecule has 0 radical (unpaired) electrons. The van der Waals surface area contributed by atoms with Crippen LogP contribution >= 0.6 is 34.8 Å². The largest absolute Gasteiger partial charge is 0.309 e. The van der Waals surface area contributed by atoms with E-state index >= 15 is 0 Å². The van der Waals surface area contributed by atoms with E-state index < -0.39 is 0 Å². The summed E-state index contributed by atoms with van der Waals surface area (Å²) in [6.07, 6.45) is 2.54. The average Bonchev–Trinajstić information content (AvgIpc) is 2.79. The monoisotopic (exact) mass is 320 g/mol. The molecule has 1 aromatic rings. The molecular formula is C14H19Cl3N2. The van der Waals surface area contributed by atoms with E-state index in [2.05, 4.69) is 24.2 Å². The third kappa shape index (κ3) is 3.56. The molecule has 0 bridgehead atoms. The molecule has 0 saturated carbocycles. The van der Waals surface area contributed by atoms with Crippen LogP contribution in [0.2, 0.25) is 15.1 Å². The highest BCUT2D eigenvalue weighted by atomic mass is 35.5. The lowest BCUT2D eigenvalue weighted by Crippen LogP contribution is -2.36. The van der Waals surface area contributed by atoms with Gasteiger partial charge >= 0.3 is 0 Å². The lowest BCUT2D eigenvalue weighted by molar-refractivity contribution is 0.293. The van der Waals surface area contributed by atoms with Gasteiger partial charge in [-0.15, -0.1) is 0 Å². The van der Waals surface area contributed by atoms with Crippen molar-refractivity contribution >= 4 is 34.8 Å². The molecule has 0 aromatic heterocycles. The Balaban J connectivity index is 2.00. The number of likely N-dealkylation sites (N-methyl/N-ethyl adjacent to an activating group) is 1. The average molecular weight is 322 g/mol. The standard InChI is InChI=1S/C14H19Cl3N2/c1-9(18-8-10-4-3-7-19(10)2)11-5-6-12(15)14(17)13(11)16/h5-6,9-10,18H,3-4,7-8H2,1-2H3. The molecule has 1 fully saturated rings. The second-order valence-corrected chi connectivity index (χ2v) is 6.33. The first-order chi connectivity index (χ1) is 9.00. The molecule has 2 atom stereocenters. The van der Waals surface area contributed by atoms with E-state index in [0.717, 1.165) is 12.1 Å². The van der Waals surface area contributed by atoms with Crippen LogP contribution in [0.1, 0.15) is 31.4 Å². The highest BCUT2D eigenvalue weighted by molar-refractivity contribution is 6.48. The highest BCUT2D eigenvalue weighted by Gasteiger charge is 2.22. The highest BCUT2D eigenvalue weighted by Crippen LogP contribution is 2.35. The summed E-state index contributed by atoms with van der Waals surface area (Å²) < 4.78 is 0. The maximum Gasteiger partial charge on any atom is 0.0781 e. The van der Waals surface area contributed by atoms with Crippen molar-refractivity contribution in [2.45, 2.75) is 31.8 Å². The molecule has 1 heterocycles. The molecule has 1 aliphatic rings. The topological polar surface area (TPSA) is 15.3 Å². The molecule has 2 nitrogen and oxygen atoms in total. The van der Waals surface area contributed by atoms with Crippen LogP contribution in [-0.2, 0) is 0 Å². The summed E-state index contributed by atoms with van der Waals surface area (Å²) in [6, 6.07) is 4.51. The van der Waals surface area contributed by atoms with Gasteiger partial charge in [0.15, 0.2) is 0 Å². The summed E-state index contributed by atoms with van der Waals surface area (Å²) in [5, 5.41) is 5.02. The maximum atomic E-state index is 6.25. The Morgan fingerprint density at radius 3 is 2.68 bits per heavy atom. The molecule has 0 spiro atoms. The van der Waals surface area contributed by atoms with Gasteiger partial charge in [0.2, 0.25) is 0 Å². The fourth-order valence-corrected chi connectivity index (χ4v) is 3.24. The minimum atomic E-state index is 0.163. The van der Waals surface area contributed by atoms with E-state index in [4.69, 9.17) is 34.8 Å². The third-order valence-corrected chi connectivity index (χ3v) is 5.17. The van der Waals surface area contributed by atoms with Gasteiger partial charge in [0.25, 0.3) is 0 Å². The molecule has 1 saturated heterocycles. The van der Waals surface area contributed by atoms with Crippen molar-refractivity contribution in [1.29, 1.82) is 0 Å². The van der Waals surface area contributed by atoms with E-state index in [1.54, 1.807) is 6.07 Å². The first-order valence-electron chi connectivity index (χ1n) is 6.57. The Labute approximate surface area is 130 Å². The van der Waals surface area contributed by atoms with Gasteiger partial charge in [0.05, 0.1) is 15.1 Å². The fraction of sp³-hybridized carbons (Fsp3) is 0.571. The van der Waals surface area contributed by atoms with Crippen LogP contribution in [-0.4, -0.2) is 31.1 Å². The van der Waals surface area contributed by atoms with E-state index in [0.29, 0.717) is 21.1 Å². The summed E-state index contributed by atoms with van der Waals surface area (Å²) in [4.78, 5) is 2.40. The summed E-state index contributed by atoms with van der Waals surface area (Å²) >= 11 is 18.3. The molecule has 1 N–H and O–H groups in total. The molecule has 19 heavy (non-hydrogen) atoms. The maximum absolute atomic E-state index is 6.25. The molecule has 2 rings (SSSR count). The number of hydrogen-bond acceptors (Lipinski definition) is 2. The Hall–Kier alpha value is 0.01000. The SMILES string of the molecule is CC(NCC1CCCN1C)c1ccc(Cl)c(Cl)c1Cl. The number of likely N-dealkylation sites (tertiary alicyclic amines) is 1. The number of hydrogen-bond donors (Lipinski definition) is 1. The molecule has 2 unspecified atom stereocenters. The molecule has 5 heteroatoms. The van der Waals surface area contributed by atoms with Crippen molar-refractivity contribution in [2.75, 3.05) is 20.1 Å². The Bertz CT molecular complexity index is 451. The fourth-order valence-electron chi connectivity index (χ4n) is 2.54. The van der Waals surface area contributed by atoms with Crippen LogP contribution in [0.5, 0.6) is 0 Å². The quantitative estimate of drug-likeness (QED) is 0.827. The molecule has 1 aromatic carbocycles.